The summed E-state index contributed by atoms with van der Waals surface area (Å²) in [6, 6.07) is 11.6. The summed E-state index contributed by atoms with van der Waals surface area (Å²) in [7, 11) is 0. The molecule has 4 aromatic rings. The molecule has 0 amide bonds. The van der Waals surface area contributed by atoms with Crippen molar-refractivity contribution in [2.45, 2.75) is 27.7 Å². The molecule has 0 aliphatic rings. The van der Waals surface area contributed by atoms with Crippen molar-refractivity contribution < 1.29 is 14.3 Å². The Kier molecular flexibility index (Phi) is 4.91. The minimum atomic E-state index is -0.763. The van der Waals surface area contributed by atoms with Crippen LogP contribution in [0.1, 0.15) is 43.6 Å². The van der Waals surface area contributed by atoms with Gasteiger partial charge in [0.1, 0.15) is 0 Å². The van der Waals surface area contributed by atoms with Gasteiger partial charge in [-0.2, -0.15) is 4.98 Å². The van der Waals surface area contributed by atoms with E-state index in [1.807, 2.05) is 62.6 Å². The van der Waals surface area contributed by atoms with Crippen molar-refractivity contribution in [1.82, 2.24) is 24.1 Å². The van der Waals surface area contributed by atoms with Crippen LogP contribution in [0, 0.1) is 27.7 Å². The zero-order valence-electron chi connectivity index (χ0n) is 17.2. The molecule has 0 aliphatic carbocycles. The highest BCUT2D eigenvalue weighted by Crippen LogP contribution is 2.21. The van der Waals surface area contributed by atoms with Crippen LogP contribution in [0.4, 0.5) is 0 Å². The second-order valence-electron chi connectivity index (χ2n) is 7.19. The molecule has 0 spiro atoms. The Labute approximate surface area is 173 Å². The van der Waals surface area contributed by atoms with Crippen LogP contribution >= 0.6 is 0 Å². The van der Waals surface area contributed by atoms with Crippen LogP contribution in [0.25, 0.3) is 11.5 Å². The number of benzene rings is 1. The number of aromatic nitrogens is 5. The second kappa shape index (κ2) is 7.55. The lowest BCUT2D eigenvalue weighted by atomic mass is 10.1. The van der Waals surface area contributed by atoms with E-state index >= 15 is 0 Å². The third-order valence-corrected chi connectivity index (χ3v) is 4.97. The maximum absolute atomic E-state index is 12.7. The highest BCUT2D eigenvalue weighted by atomic mass is 16.5. The van der Waals surface area contributed by atoms with Gasteiger partial charge < -0.3 is 9.30 Å². The molecule has 3 aromatic heterocycles. The summed E-state index contributed by atoms with van der Waals surface area (Å²) in [5.41, 5.74) is 5.16. The Morgan fingerprint density at radius 2 is 1.73 bits per heavy atom. The highest BCUT2D eigenvalue weighted by molar-refractivity contribution is 6.00. The van der Waals surface area contributed by atoms with E-state index in [0.717, 1.165) is 28.3 Å². The number of carbonyl (C=O) groups excluding carboxylic acids is 2. The average Bonchev–Trinajstić information content (AvgIpc) is 3.29. The first-order chi connectivity index (χ1) is 14.3. The van der Waals surface area contributed by atoms with Gasteiger partial charge in [0.05, 0.1) is 0 Å². The van der Waals surface area contributed by atoms with E-state index < -0.39 is 5.97 Å². The molecule has 0 N–H and O–H groups in total. The lowest BCUT2D eigenvalue weighted by Gasteiger charge is -2.10. The van der Waals surface area contributed by atoms with E-state index in [-0.39, 0.29) is 18.2 Å². The maximum atomic E-state index is 12.7. The molecule has 0 unspecified atom stereocenters. The summed E-state index contributed by atoms with van der Waals surface area (Å²) in [4.78, 5) is 33.2. The number of Topliss-reactive ketones (excluding diaryl/α,β-unsaturated/α-hetero) is 1. The third-order valence-electron chi connectivity index (χ3n) is 4.97. The van der Waals surface area contributed by atoms with Crippen LogP contribution in [-0.4, -0.2) is 42.5 Å². The first kappa shape index (κ1) is 19.5. The number of hydrogen-bond acceptors (Lipinski definition) is 6. The van der Waals surface area contributed by atoms with Gasteiger partial charge in [-0.1, -0.05) is 17.7 Å². The van der Waals surface area contributed by atoms with Gasteiger partial charge in [-0.3, -0.25) is 4.79 Å². The zero-order chi connectivity index (χ0) is 21.4. The van der Waals surface area contributed by atoms with Gasteiger partial charge in [-0.25, -0.2) is 14.3 Å². The molecule has 8 heteroatoms. The summed E-state index contributed by atoms with van der Waals surface area (Å²) in [6.07, 6.45) is 1.59. The summed E-state index contributed by atoms with van der Waals surface area (Å²) >= 11 is 0. The predicted octanol–water partition coefficient (Wildman–Crippen LogP) is 3.19. The van der Waals surface area contributed by atoms with E-state index in [1.54, 1.807) is 12.3 Å². The SMILES string of the molecule is Cc1ccc(-n2c(C)cc(C(=O)COC(=O)c3nc4nccc(C)n4n3)c2C)cc1. The Balaban J connectivity index is 1.51. The van der Waals surface area contributed by atoms with Crippen LogP contribution in [0.3, 0.4) is 0 Å². The van der Waals surface area contributed by atoms with E-state index in [9.17, 15) is 9.59 Å². The molecule has 8 nitrogen and oxygen atoms in total. The smallest absolute Gasteiger partial charge is 0.378 e. The molecule has 0 aliphatic heterocycles. The van der Waals surface area contributed by atoms with Gasteiger partial charge in [0.15, 0.2) is 6.61 Å². The van der Waals surface area contributed by atoms with Crippen LogP contribution in [-0.2, 0) is 4.74 Å². The molecule has 1 aromatic carbocycles. The van der Waals surface area contributed by atoms with Crippen LogP contribution in [0.5, 0.6) is 0 Å². The molecular formula is C22H21N5O3. The molecule has 0 saturated carbocycles. The Bertz CT molecular complexity index is 1270. The average molecular weight is 403 g/mol. The van der Waals surface area contributed by atoms with E-state index in [1.165, 1.54) is 4.52 Å². The minimum Gasteiger partial charge on any atom is -0.451 e. The number of nitrogens with zero attached hydrogens (tertiary/aromatic N) is 5. The van der Waals surface area contributed by atoms with Crippen molar-refractivity contribution in [3.05, 3.63) is 76.6 Å². The van der Waals surface area contributed by atoms with Crippen LogP contribution in [0.2, 0.25) is 0 Å². The molecular weight excluding hydrogens is 382 g/mol. The molecule has 3 heterocycles. The number of aryl methyl sites for hydroxylation is 3. The van der Waals surface area contributed by atoms with Crippen molar-refractivity contribution in [2.24, 2.45) is 0 Å². The number of rotatable bonds is 5. The number of fused-ring (bicyclic) bond motifs is 1. The second-order valence-corrected chi connectivity index (χ2v) is 7.19. The van der Waals surface area contributed by atoms with Crippen molar-refractivity contribution in [2.75, 3.05) is 6.61 Å². The number of ketones is 1. The lowest BCUT2D eigenvalue weighted by Crippen LogP contribution is -2.16. The molecule has 30 heavy (non-hydrogen) atoms. The number of esters is 1. The topological polar surface area (TPSA) is 91.4 Å². The van der Waals surface area contributed by atoms with Gasteiger partial charge in [0, 0.05) is 34.5 Å². The van der Waals surface area contributed by atoms with Crippen molar-refractivity contribution >= 4 is 17.5 Å². The van der Waals surface area contributed by atoms with Gasteiger partial charge in [0.2, 0.25) is 5.78 Å². The van der Waals surface area contributed by atoms with Crippen LogP contribution < -0.4 is 0 Å². The van der Waals surface area contributed by atoms with Gasteiger partial charge in [-0.15, -0.1) is 5.10 Å². The Morgan fingerprint density at radius 3 is 2.43 bits per heavy atom. The molecule has 0 bridgehead atoms. The maximum Gasteiger partial charge on any atom is 0.378 e. The normalized spacial score (nSPS) is 11.1. The number of ether oxygens (including phenoxy) is 1. The monoisotopic (exact) mass is 403 g/mol. The Morgan fingerprint density at radius 1 is 1.00 bits per heavy atom. The first-order valence-electron chi connectivity index (χ1n) is 9.50. The van der Waals surface area contributed by atoms with E-state index in [0.29, 0.717) is 11.3 Å². The fraction of sp³-hybridized carbons (Fsp3) is 0.227. The molecule has 0 atom stereocenters. The van der Waals surface area contributed by atoms with Crippen molar-refractivity contribution in [3.8, 4) is 5.69 Å². The third kappa shape index (κ3) is 3.47. The van der Waals surface area contributed by atoms with Gasteiger partial charge >= 0.3 is 5.97 Å². The first-order valence-corrected chi connectivity index (χ1v) is 9.50. The summed E-state index contributed by atoms with van der Waals surface area (Å²) in [5, 5.41) is 4.10. The largest absolute Gasteiger partial charge is 0.451 e. The Hall–Kier alpha value is -3.81. The molecule has 0 radical (unpaired) electrons. The van der Waals surface area contributed by atoms with Crippen LogP contribution in [0.15, 0.2) is 42.6 Å². The fourth-order valence-electron chi connectivity index (χ4n) is 3.40. The predicted molar refractivity (Wildman–Crippen MR) is 110 cm³/mol. The molecule has 0 saturated heterocycles. The van der Waals surface area contributed by atoms with Gasteiger partial charge in [0.25, 0.3) is 11.6 Å². The lowest BCUT2D eigenvalue weighted by molar-refractivity contribution is 0.0462. The zero-order valence-corrected chi connectivity index (χ0v) is 17.2. The van der Waals surface area contributed by atoms with Gasteiger partial charge in [-0.05, 0) is 52.0 Å². The highest BCUT2D eigenvalue weighted by Gasteiger charge is 2.21. The number of hydrogen-bond donors (Lipinski definition) is 0. The standard InChI is InChI=1S/C22H21N5O3/c1-13-5-7-17(8-6-13)26-15(3)11-18(16(26)4)19(28)12-30-21(29)20-24-22-23-10-9-14(2)27(22)25-20/h5-11H,12H2,1-4H3. The summed E-state index contributed by atoms with van der Waals surface area (Å²) < 4.78 is 8.63. The molecule has 0 fully saturated rings. The minimum absolute atomic E-state index is 0.130. The quantitative estimate of drug-likeness (QED) is 0.375. The fourth-order valence-corrected chi connectivity index (χ4v) is 3.40. The molecule has 152 valence electrons. The molecule has 4 rings (SSSR count). The van der Waals surface area contributed by atoms with Crippen molar-refractivity contribution in [1.29, 1.82) is 0 Å². The summed E-state index contributed by atoms with van der Waals surface area (Å²) in [6.45, 7) is 7.27. The van der Waals surface area contributed by atoms with Crippen molar-refractivity contribution in [3.63, 3.8) is 0 Å². The number of carbonyl (C=O) groups is 2. The van der Waals surface area contributed by atoms with E-state index in [2.05, 4.69) is 15.1 Å². The summed E-state index contributed by atoms with van der Waals surface area (Å²) in [5.74, 6) is -0.877. The van der Waals surface area contributed by atoms with E-state index in [4.69, 9.17) is 4.74 Å².